The van der Waals surface area contributed by atoms with Gasteiger partial charge in [-0.3, -0.25) is 0 Å². The highest BCUT2D eigenvalue weighted by Gasteiger charge is 2.25. The van der Waals surface area contributed by atoms with Crippen molar-refractivity contribution >= 4 is 49.8 Å². The van der Waals surface area contributed by atoms with Gasteiger partial charge in [-0.15, -0.1) is 11.3 Å². The third-order valence-corrected chi connectivity index (χ3v) is 6.76. The summed E-state index contributed by atoms with van der Waals surface area (Å²) in [6.07, 6.45) is 0.658. The van der Waals surface area contributed by atoms with Crippen LogP contribution in [0.4, 0.5) is 17.3 Å². The third kappa shape index (κ3) is 4.22. The minimum atomic E-state index is -4.06. The minimum Gasteiger partial charge on any atom is -0.546 e. The number of hydrogen-bond donors (Lipinski definition) is 4. The van der Waals surface area contributed by atoms with Crippen molar-refractivity contribution in [2.75, 3.05) is 10.6 Å². The van der Waals surface area contributed by atoms with Gasteiger partial charge < -0.3 is 24.7 Å². The van der Waals surface area contributed by atoms with Crippen molar-refractivity contribution in [1.82, 2.24) is 8.75 Å². The molecule has 0 radical (unpaired) electrons. The maximum absolute atomic E-state index is 11.8. The molecule has 0 aromatic carbocycles. The topological polar surface area (TPSA) is 166 Å². The average molecular weight is 432 g/mol. The van der Waals surface area contributed by atoms with Crippen LogP contribution in [-0.2, 0) is 10.0 Å². The quantitative estimate of drug-likeness (QED) is 0.411. The maximum Gasteiger partial charge on any atom is 0.251 e. The Morgan fingerprint density at radius 1 is 1.41 bits per heavy atom. The zero-order chi connectivity index (χ0) is 19.8. The van der Waals surface area contributed by atoms with Crippen LogP contribution in [0.2, 0.25) is 0 Å². The number of nitrogens with one attached hydrogen (secondary N) is 2. The molecule has 13 heteroatoms. The Hall–Kier alpha value is -2.19. The Morgan fingerprint density at radius 2 is 2.11 bits per heavy atom. The molecule has 5 N–H and O–H groups in total. The van der Waals surface area contributed by atoms with E-state index in [1.165, 1.54) is 5.38 Å². The first-order chi connectivity index (χ1) is 12.7. The van der Waals surface area contributed by atoms with Crippen LogP contribution in [0.25, 0.3) is 0 Å². The van der Waals surface area contributed by atoms with Crippen LogP contribution in [0, 0.1) is 6.92 Å². The number of sulfonamides is 1. The molecule has 0 bridgehead atoms. The van der Waals surface area contributed by atoms with Gasteiger partial charge in [-0.1, -0.05) is 6.92 Å². The van der Waals surface area contributed by atoms with Crippen LogP contribution in [0.3, 0.4) is 0 Å². The fraction of sp³-hybridized carbons (Fsp3) is 0.286. The molecule has 0 saturated heterocycles. The molecule has 27 heavy (non-hydrogen) atoms. The van der Waals surface area contributed by atoms with Gasteiger partial charge in [-0.05, 0) is 25.5 Å². The molecule has 3 aromatic rings. The van der Waals surface area contributed by atoms with Crippen LogP contribution in [0.1, 0.15) is 30.9 Å². The second kappa shape index (κ2) is 7.44. The Morgan fingerprint density at radius 3 is 2.67 bits per heavy atom. The number of hydrogen-bond acceptors (Lipinski definition) is 10. The van der Waals surface area contributed by atoms with Crippen molar-refractivity contribution in [3.8, 4) is 5.75 Å². The van der Waals surface area contributed by atoms with Gasteiger partial charge in [0, 0.05) is 14.1 Å². The number of nitrogens with zero attached hydrogens (tertiary/aromatic N) is 2. The largest absolute Gasteiger partial charge is 0.546 e. The number of primary sulfonamides is 1. The second-order valence-corrected chi connectivity index (χ2v) is 9.08. The Labute approximate surface area is 162 Å². The van der Waals surface area contributed by atoms with E-state index in [9.17, 15) is 18.1 Å². The molecule has 0 spiro atoms. The van der Waals surface area contributed by atoms with Crippen LogP contribution in [0.5, 0.6) is 5.75 Å². The standard InChI is InChI=1S/C14H17N5O5S3/c1-3-8(10-5-4-7(2)24-10)16-12-13(19-26(21)18-12)17-9-6-25-14(11(9)20)27(15,22)23/h4-6,8,20H,3H2,1-2H3,(H,16,18)(H,17,19)(H2,15,22,23)/t8-,26?/m1/s1. The van der Waals surface area contributed by atoms with E-state index in [-0.39, 0.29) is 27.6 Å². The molecule has 10 nitrogen and oxygen atoms in total. The predicted octanol–water partition coefficient (Wildman–Crippen LogP) is 2.83. The summed E-state index contributed by atoms with van der Waals surface area (Å²) in [5, 5.41) is 22.3. The summed E-state index contributed by atoms with van der Waals surface area (Å²) in [6, 6.07) is 3.42. The van der Waals surface area contributed by atoms with Gasteiger partial charge in [0.2, 0.25) is 11.6 Å². The highest BCUT2D eigenvalue weighted by molar-refractivity contribution is 7.91. The number of anilines is 3. The molecule has 0 saturated carbocycles. The second-order valence-electron chi connectivity index (χ2n) is 5.62. The smallest absolute Gasteiger partial charge is 0.251 e. The van der Waals surface area contributed by atoms with Crippen molar-refractivity contribution in [3.05, 3.63) is 29.0 Å². The van der Waals surface area contributed by atoms with Crippen molar-refractivity contribution in [2.45, 2.75) is 30.5 Å². The fourth-order valence-electron chi connectivity index (χ4n) is 2.37. The molecule has 3 aromatic heterocycles. The van der Waals surface area contributed by atoms with Crippen molar-refractivity contribution < 1.29 is 22.5 Å². The fourth-order valence-corrected chi connectivity index (χ4v) is 4.67. The first-order valence-electron chi connectivity index (χ1n) is 7.72. The molecule has 0 aliphatic rings. The van der Waals surface area contributed by atoms with Gasteiger partial charge in [0.15, 0.2) is 21.1 Å². The Kier molecular flexibility index (Phi) is 5.39. The lowest BCUT2D eigenvalue weighted by molar-refractivity contribution is 0.452. The molecule has 0 fully saturated rings. The Bertz CT molecular complexity index is 1060. The number of rotatable bonds is 7. The molecule has 2 atom stereocenters. The lowest BCUT2D eigenvalue weighted by Crippen LogP contribution is -2.11. The Balaban J connectivity index is 1.87. The normalized spacial score (nSPS) is 13.6. The van der Waals surface area contributed by atoms with Gasteiger partial charge in [-0.2, -0.15) is 0 Å². The van der Waals surface area contributed by atoms with E-state index >= 15 is 0 Å². The lowest BCUT2D eigenvalue weighted by Gasteiger charge is -2.14. The molecular formula is C14H17N5O5S3. The van der Waals surface area contributed by atoms with Crippen LogP contribution >= 0.6 is 22.5 Å². The summed E-state index contributed by atoms with van der Waals surface area (Å²) >= 11 is -1.09. The van der Waals surface area contributed by atoms with E-state index in [1.54, 1.807) is 0 Å². The van der Waals surface area contributed by atoms with E-state index in [2.05, 4.69) is 19.4 Å². The highest BCUT2D eigenvalue weighted by Crippen LogP contribution is 2.40. The van der Waals surface area contributed by atoms with E-state index in [0.717, 1.165) is 17.1 Å². The van der Waals surface area contributed by atoms with E-state index in [0.29, 0.717) is 12.2 Å². The number of aromatic hydroxyl groups is 1. The lowest BCUT2D eigenvalue weighted by atomic mass is 10.2. The van der Waals surface area contributed by atoms with Gasteiger partial charge >= 0.3 is 0 Å². The van der Waals surface area contributed by atoms with Crippen molar-refractivity contribution in [1.29, 1.82) is 0 Å². The number of aryl methyl sites for hydroxylation is 1. The number of thiophene rings is 1. The van der Waals surface area contributed by atoms with E-state index < -0.39 is 26.9 Å². The molecule has 1 unspecified atom stereocenters. The average Bonchev–Trinajstić information content (AvgIpc) is 3.25. The third-order valence-electron chi connectivity index (χ3n) is 3.63. The van der Waals surface area contributed by atoms with Crippen LogP contribution < -0.4 is 15.8 Å². The maximum atomic E-state index is 11.8. The first kappa shape index (κ1) is 19.6. The van der Waals surface area contributed by atoms with Gasteiger partial charge in [0.05, 0.1) is 11.7 Å². The van der Waals surface area contributed by atoms with Gasteiger partial charge in [-0.25, -0.2) is 13.6 Å². The number of aromatic nitrogens is 2. The van der Waals surface area contributed by atoms with Crippen LogP contribution in [-0.4, -0.2) is 26.8 Å². The molecule has 0 aliphatic carbocycles. The number of nitrogens with two attached hydrogens (primary N) is 1. The summed E-state index contributed by atoms with van der Waals surface area (Å²) in [6.45, 7) is 3.77. The van der Waals surface area contributed by atoms with Gasteiger partial charge in [0.25, 0.3) is 10.0 Å². The van der Waals surface area contributed by atoms with E-state index in [4.69, 9.17) is 9.56 Å². The zero-order valence-corrected chi connectivity index (χ0v) is 16.7. The van der Waals surface area contributed by atoms with Crippen LogP contribution in [0.15, 0.2) is 26.1 Å². The predicted molar refractivity (Wildman–Crippen MR) is 101 cm³/mol. The van der Waals surface area contributed by atoms with Gasteiger partial charge in [0.1, 0.15) is 11.5 Å². The molecule has 146 valence electrons. The molecule has 0 amide bonds. The first-order valence-corrected chi connectivity index (χ1v) is 11.2. The molecule has 3 rings (SSSR count). The zero-order valence-electron chi connectivity index (χ0n) is 14.3. The van der Waals surface area contributed by atoms with E-state index in [1.807, 2.05) is 26.0 Å². The highest BCUT2D eigenvalue weighted by atomic mass is 32.2. The molecule has 0 aliphatic heterocycles. The SMILES string of the molecule is CC[C@@H](Nc1n[s+]([O-])nc1Nc1csc(S(N)(=O)=O)c1O)c1ccc(C)o1. The monoisotopic (exact) mass is 431 g/mol. The minimum absolute atomic E-state index is 0.0677. The summed E-state index contributed by atoms with van der Waals surface area (Å²) in [4.78, 5) is 0. The molecular weight excluding hydrogens is 414 g/mol. The van der Waals surface area contributed by atoms with Crippen molar-refractivity contribution in [3.63, 3.8) is 0 Å². The molecule has 3 heterocycles. The summed E-state index contributed by atoms with van der Waals surface area (Å²) in [5.41, 5.74) is 0.0677. The summed E-state index contributed by atoms with van der Waals surface area (Å²) < 4.78 is 47.7. The number of furan rings is 1. The summed E-state index contributed by atoms with van der Waals surface area (Å²) in [7, 11) is -4.06. The van der Waals surface area contributed by atoms with Crippen molar-refractivity contribution in [2.24, 2.45) is 5.14 Å². The summed E-state index contributed by atoms with van der Waals surface area (Å²) in [5.74, 6) is 1.22.